The van der Waals surface area contributed by atoms with Gasteiger partial charge in [0, 0.05) is 38.0 Å². The lowest BCUT2D eigenvalue weighted by atomic mass is 9.97. The summed E-state index contributed by atoms with van der Waals surface area (Å²) in [5.41, 5.74) is 0.888. The number of fused-ring (bicyclic) bond motifs is 1. The van der Waals surface area contributed by atoms with Crippen molar-refractivity contribution in [3.8, 4) is 0 Å². The Morgan fingerprint density at radius 3 is 2.18 bits per heavy atom. The fourth-order valence-electron chi connectivity index (χ4n) is 4.06. The Hall–Kier alpha value is -3.09. The highest BCUT2D eigenvalue weighted by Gasteiger charge is 2.34. The van der Waals surface area contributed by atoms with Gasteiger partial charge in [0.1, 0.15) is 0 Å². The van der Waals surface area contributed by atoms with E-state index in [1.54, 1.807) is 6.07 Å². The van der Waals surface area contributed by atoms with E-state index in [-0.39, 0.29) is 52.8 Å². The van der Waals surface area contributed by atoms with Gasteiger partial charge >= 0.3 is 0 Å². The normalized spacial score (nSPS) is 17.6. The maximum absolute atomic E-state index is 13.0. The van der Waals surface area contributed by atoms with Crippen LogP contribution >= 0.6 is 0 Å². The molecule has 3 amide bonds. The summed E-state index contributed by atoms with van der Waals surface area (Å²) < 4.78 is 50.8. The summed E-state index contributed by atoms with van der Waals surface area (Å²) in [5, 5.41) is 2.75. The molecule has 0 radical (unpaired) electrons. The first-order valence-corrected chi connectivity index (χ1v) is 13.8. The molecule has 2 heterocycles. The Labute approximate surface area is 197 Å². The van der Waals surface area contributed by atoms with Crippen molar-refractivity contribution in [2.75, 3.05) is 31.7 Å². The first-order chi connectivity index (χ1) is 15.9. The maximum Gasteiger partial charge on any atom is 0.261 e. The van der Waals surface area contributed by atoms with Crippen LogP contribution in [0.5, 0.6) is 0 Å². The number of carbonyl (C=O) groups excluding carboxylic acids is 3. The van der Waals surface area contributed by atoms with Crippen molar-refractivity contribution in [3.63, 3.8) is 0 Å². The lowest BCUT2D eigenvalue weighted by molar-refractivity contribution is -0.120. The molecular formula is C22H23N3O7S2. The van der Waals surface area contributed by atoms with Crippen molar-refractivity contribution < 1.29 is 31.2 Å². The smallest absolute Gasteiger partial charge is 0.261 e. The predicted octanol–water partition coefficient (Wildman–Crippen LogP) is 1.36. The highest BCUT2D eigenvalue weighted by Crippen LogP contribution is 2.28. The van der Waals surface area contributed by atoms with E-state index >= 15 is 0 Å². The molecule has 0 spiro atoms. The number of sulfonamides is 1. The summed E-state index contributed by atoms with van der Waals surface area (Å²) in [6, 6.07) is 9.72. The summed E-state index contributed by atoms with van der Waals surface area (Å²) in [5.74, 6) is -1.58. The number of nitrogens with zero attached hydrogens (tertiary/aromatic N) is 2. The van der Waals surface area contributed by atoms with Gasteiger partial charge in [-0.3, -0.25) is 19.3 Å². The molecule has 0 aromatic heterocycles. The molecule has 0 unspecified atom stereocenters. The highest BCUT2D eigenvalue weighted by atomic mass is 32.2. The number of carbonyl (C=O) groups is 3. The minimum atomic E-state index is -3.91. The van der Waals surface area contributed by atoms with E-state index in [2.05, 4.69) is 5.32 Å². The van der Waals surface area contributed by atoms with Crippen LogP contribution in [0.4, 0.5) is 5.69 Å². The van der Waals surface area contributed by atoms with Crippen molar-refractivity contribution >= 4 is 43.3 Å². The number of amides is 3. The third-order valence-electron chi connectivity index (χ3n) is 6.05. The zero-order valence-corrected chi connectivity index (χ0v) is 20.1. The first-order valence-electron chi connectivity index (χ1n) is 10.5. The molecule has 0 aliphatic carbocycles. The lowest BCUT2D eigenvalue weighted by Gasteiger charge is -2.30. The summed E-state index contributed by atoms with van der Waals surface area (Å²) >= 11 is 0. The largest absolute Gasteiger partial charge is 0.326 e. The van der Waals surface area contributed by atoms with Crippen LogP contribution in [0, 0.1) is 5.92 Å². The molecule has 0 atom stereocenters. The molecule has 1 N–H and O–H groups in total. The molecule has 1 saturated heterocycles. The second-order valence-corrected chi connectivity index (χ2v) is 12.3. The van der Waals surface area contributed by atoms with Gasteiger partial charge < -0.3 is 5.32 Å². The van der Waals surface area contributed by atoms with Crippen LogP contribution < -0.4 is 5.32 Å². The van der Waals surface area contributed by atoms with Crippen LogP contribution in [0.15, 0.2) is 52.3 Å². The molecule has 0 saturated carbocycles. The maximum atomic E-state index is 13.0. The summed E-state index contributed by atoms with van der Waals surface area (Å²) in [6.45, 7) is 0.205. The fourth-order valence-corrected chi connectivity index (χ4v) is 6.31. The van der Waals surface area contributed by atoms with Crippen LogP contribution in [0.1, 0.15) is 33.6 Å². The number of nitrogens with one attached hydrogen (secondary N) is 1. The molecule has 1 fully saturated rings. The number of anilines is 1. The third-order valence-corrected chi connectivity index (χ3v) is 9.06. The molecule has 0 bridgehead atoms. The second-order valence-electron chi connectivity index (χ2n) is 8.34. The Bertz CT molecular complexity index is 1410. The van der Waals surface area contributed by atoms with E-state index in [9.17, 15) is 31.2 Å². The summed E-state index contributed by atoms with van der Waals surface area (Å²) in [4.78, 5) is 37.7. The molecule has 2 aromatic rings. The molecule has 2 aliphatic heterocycles. The summed E-state index contributed by atoms with van der Waals surface area (Å²) in [6.07, 6.45) is 1.57. The number of hydrogen-bond acceptors (Lipinski definition) is 7. The van der Waals surface area contributed by atoms with Gasteiger partial charge in [0.25, 0.3) is 11.8 Å². The minimum Gasteiger partial charge on any atom is -0.326 e. The quantitative estimate of drug-likeness (QED) is 0.606. The van der Waals surface area contributed by atoms with Crippen molar-refractivity contribution in [3.05, 3.63) is 53.6 Å². The van der Waals surface area contributed by atoms with E-state index < -0.39 is 37.6 Å². The standard InChI is InChI=1S/C22H23N3O7S2/c1-24-21(27)18-7-6-15(12-19(18)22(24)28)23-20(26)14-8-10-25(11-9-14)34(31,32)17-5-3-4-16(13-17)33(2,29)30/h3-7,12-14H,8-11H2,1-2H3,(H,23,26). The Morgan fingerprint density at radius 1 is 0.912 bits per heavy atom. The topological polar surface area (TPSA) is 138 Å². The molecule has 2 aromatic carbocycles. The number of hydrogen-bond donors (Lipinski definition) is 1. The van der Waals surface area contributed by atoms with Gasteiger partial charge in [-0.15, -0.1) is 0 Å². The Kier molecular flexibility index (Phi) is 6.08. The molecular weight excluding hydrogens is 482 g/mol. The van der Waals surface area contributed by atoms with E-state index in [1.165, 1.54) is 41.7 Å². The Morgan fingerprint density at radius 2 is 1.53 bits per heavy atom. The number of imide groups is 1. The van der Waals surface area contributed by atoms with Gasteiger partial charge in [-0.1, -0.05) is 6.07 Å². The molecule has 4 rings (SSSR count). The van der Waals surface area contributed by atoms with Gasteiger partial charge in [-0.05, 0) is 49.2 Å². The van der Waals surface area contributed by atoms with Gasteiger partial charge in [0.2, 0.25) is 15.9 Å². The summed E-state index contributed by atoms with van der Waals surface area (Å²) in [7, 11) is -6.08. The van der Waals surface area contributed by atoms with Gasteiger partial charge in [0.05, 0.1) is 20.9 Å². The number of sulfone groups is 1. The number of rotatable bonds is 5. The SMILES string of the molecule is CN1C(=O)c2ccc(NC(=O)C3CCN(S(=O)(=O)c4cccc(S(C)(=O)=O)c4)CC3)cc2C1=O. The lowest BCUT2D eigenvalue weighted by Crippen LogP contribution is -2.41. The molecule has 10 nitrogen and oxygen atoms in total. The van der Waals surface area contributed by atoms with Crippen LogP contribution in [-0.2, 0) is 24.7 Å². The minimum absolute atomic E-state index is 0.0800. The second kappa shape index (κ2) is 8.60. The number of benzene rings is 2. The monoisotopic (exact) mass is 505 g/mol. The van der Waals surface area contributed by atoms with Crippen LogP contribution in [-0.4, -0.2) is 70.2 Å². The number of piperidine rings is 1. The highest BCUT2D eigenvalue weighted by molar-refractivity contribution is 7.91. The van der Waals surface area contributed by atoms with E-state index in [0.29, 0.717) is 5.69 Å². The van der Waals surface area contributed by atoms with Crippen molar-refractivity contribution in [1.29, 1.82) is 0 Å². The molecule has 180 valence electrons. The van der Waals surface area contributed by atoms with E-state index in [4.69, 9.17) is 0 Å². The average molecular weight is 506 g/mol. The van der Waals surface area contributed by atoms with E-state index in [1.807, 2.05) is 0 Å². The van der Waals surface area contributed by atoms with Gasteiger partial charge in [-0.2, -0.15) is 4.31 Å². The average Bonchev–Trinajstić information content (AvgIpc) is 3.02. The van der Waals surface area contributed by atoms with Gasteiger partial charge in [0.15, 0.2) is 9.84 Å². The zero-order chi connectivity index (χ0) is 24.8. The molecule has 12 heteroatoms. The van der Waals surface area contributed by atoms with Crippen molar-refractivity contribution in [1.82, 2.24) is 9.21 Å². The Balaban J connectivity index is 1.42. The zero-order valence-electron chi connectivity index (χ0n) is 18.5. The first kappa shape index (κ1) is 24.0. The van der Waals surface area contributed by atoms with Crippen LogP contribution in [0.3, 0.4) is 0 Å². The molecule has 2 aliphatic rings. The molecule has 34 heavy (non-hydrogen) atoms. The third kappa shape index (κ3) is 4.36. The predicted molar refractivity (Wildman–Crippen MR) is 123 cm³/mol. The van der Waals surface area contributed by atoms with Crippen LogP contribution in [0.25, 0.3) is 0 Å². The fraction of sp³-hybridized carbons (Fsp3) is 0.318. The van der Waals surface area contributed by atoms with Crippen molar-refractivity contribution in [2.45, 2.75) is 22.6 Å². The van der Waals surface area contributed by atoms with Crippen LogP contribution in [0.2, 0.25) is 0 Å². The van der Waals surface area contributed by atoms with Crippen molar-refractivity contribution in [2.24, 2.45) is 5.92 Å². The van der Waals surface area contributed by atoms with Gasteiger partial charge in [-0.25, -0.2) is 16.8 Å². The van der Waals surface area contributed by atoms with E-state index in [0.717, 1.165) is 17.2 Å².